The van der Waals surface area contributed by atoms with E-state index >= 15 is 0 Å². The van der Waals surface area contributed by atoms with Crippen LogP contribution in [0.25, 0.3) is 0 Å². The lowest BCUT2D eigenvalue weighted by atomic mass is 9.85. The zero-order valence-electron chi connectivity index (χ0n) is 16.7. The third-order valence-electron chi connectivity index (χ3n) is 7.23. The van der Waals surface area contributed by atoms with Crippen molar-refractivity contribution in [2.75, 3.05) is 20.2 Å². The molecule has 3 aliphatic heterocycles. The van der Waals surface area contributed by atoms with Crippen molar-refractivity contribution in [2.45, 2.75) is 44.3 Å². The van der Waals surface area contributed by atoms with Crippen LogP contribution in [-0.2, 0) is 11.3 Å². The van der Waals surface area contributed by atoms with Crippen molar-refractivity contribution in [3.63, 3.8) is 0 Å². The summed E-state index contributed by atoms with van der Waals surface area (Å²) in [6.07, 6.45) is 3.20. The number of para-hydroxylation sites is 1. The van der Waals surface area contributed by atoms with E-state index in [-0.39, 0.29) is 5.54 Å². The number of nitrogens with zero attached hydrogens (tertiary/aromatic N) is 2. The molecule has 4 heteroatoms. The summed E-state index contributed by atoms with van der Waals surface area (Å²) < 4.78 is 5.51. The number of benzene rings is 2. The molecule has 0 aliphatic carbocycles. The van der Waals surface area contributed by atoms with Gasteiger partial charge in [0, 0.05) is 30.6 Å². The summed E-state index contributed by atoms with van der Waals surface area (Å²) >= 11 is 0. The number of carbonyl (C=O) groups excluding carboxylic acids is 1. The lowest BCUT2D eigenvalue weighted by Gasteiger charge is -2.34. The summed E-state index contributed by atoms with van der Waals surface area (Å²) in [6.45, 7) is 4.73. The van der Waals surface area contributed by atoms with E-state index in [9.17, 15) is 4.79 Å². The van der Waals surface area contributed by atoms with Gasteiger partial charge < -0.3 is 9.64 Å². The van der Waals surface area contributed by atoms with Gasteiger partial charge in [0.15, 0.2) is 0 Å². The Labute approximate surface area is 167 Å². The van der Waals surface area contributed by atoms with Gasteiger partial charge in [-0.05, 0) is 49.9 Å². The highest BCUT2D eigenvalue weighted by Crippen LogP contribution is 2.56. The first-order chi connectivity index (χ1) is 13.6. The second-order valence-electron chi connectivity index (χ2n) is 8.52. The Hall–Kier alpha value is -2.33. The second kappa shape index (κ2) is 6.63. The summed E-state index contributed by atoms with van der Waals surface area (Å²) in [5.74, 6) is 1.62. The maximum atomic E-state index is 13.7. The van der Waals surface area contributed by atoms with Gasteiger partial charge in [0.2, 0.25) is 5.91 Å². The Morgan fingerprint density at radius 2 is 1.93 bits per heavy atom. The SMILES string of the molecule is COc1ccccc1CN1C[C@@H]2C[C@@H](c3ccccc3C)N3CCC[C@@]23C1=O. The zero-order chi connectivity index (χ0) is 19.3. The fourth-order valence-electron chi connectivity index (χ4n) is 6.01. The normalized spacial score (nSPS) is 29.2. The number of likely N-dealkylation sites (tertiary alicyclic amines) is 1. The molecular weight excluding hydrogens is 348 g/mol. The van der Waals surface area contributed by atoms with Crippen LogP contribution >= 0.6 is 0 Å². The molecule has 0 bridgehead atoms. The topological polar surface area (TPSA) is 32.8 Å². The highest BCUT2D eigenvalue weighted by molar-refractivity contribution is 5.90. The molecule has 0 saturated carbocycles. The van der Waals surface area contributed by atoms with Gasteiger partial charge in [-0.25, -0.2) is 0 Å². The van der Waals surface area contributed by atoms with Crippen LogP contribution in [0.4, 0.5) is 0 Å². The van der Waals surface area contributed by atoms with E-state index in [0.29, 0.717) is 24.4 Å². The highest BCUT2D eigenvalue weighted by Gasteiger charge is 2.65. The van der Waals surface area contributed by atoms with Gasteiger partial charge in [0.05, 0.1) is 7.11 Å². The zero-order valence-corrected chi connectivity index (χ0v) is 16.7. The molecule has 3 saturated heterocycles. The number of ether oxygens (including phenoxy) is 1. The van der Waals surface area contributed by atoms with Crippen LogP contribution in [0.1, 0.15) is 42.0 Å². The number of carbonyl (C=O) groups is 1. The largest absolute Gasteiger partial charge is 0.496 e. The van der Waals surface area contributed by atoms with Crippen LogP contribution in [0.2, 0.25) is 0 Å². The van der Waals surface area contributed by atoms with Crippen molar-refractivity contribution in [1.82, 2.24) is 9.80 Å². The van der Waals surface area contributed by atoms with E-state index in [0.717, 1.165) is 43.7 Å². The average molecular weight is 377 g/mol. The molecule has 0 unspecified atom stereocenters. The minimum Gasteiger partial charge on any atom is -0.496 e. The van der Waals surface area contributed by atoms with Crippen molar-refractivity contribution >= 4 is 5.91 Å². The number of amides is 1. The highest BCUT2D eigenvalue weighted by atomic mass is 16.5. The summed E-state index contributed by atoms with van der Waals surface area (Å²) in [5, 5.41) is 0. The van der Waals surface area contributed by atoms with Gasteiger partial charge in [-0.15, -0.1) is 0 Å². The summed E-state index contributed by atoms with van der Waals surface area (Å²) in [7, 11) is 1.70. The molecule has 2 aromatic carbocycles. The predicted octanol–water partition coefficient (Wildman–Crippen LogP) is 3.94. The van der Waals surface area contributed by atoms with E-state index < -0.39 is 0 Å². The lowest BCUT2D eigenvalue weighted by Crippen LogP contribution is -2.49. The molecule has 0 radical (unpaired) electrons. The maximum Gasteiger partial charge on any atom is 0.243 e. The molecule has 5 rings (SSSR count). The molecule has 146 valence electrons. The van der Waals surface area contributed by atoms with Gasteiger partial charge in [-0.3, -0.25) is 9.69 Å². The van der Waals surface area contributed by atoms with Gasteiger partial charge in [0.1, 0.15) is 11.3 Å². The number of rotatable bonds is 4. The average Bonchev–Trinajstić information content (AvgIpc) is 3.34. The first-order valence-corrected chi connectivity index (χ1v) is 10.4. The molecule has 0 N–H and O–H groups in total. The molecule has 3 aliphatic rings. The number of methoxy groups -OCH3 is 1. The summed E-state index contributed by atoms with van der Waals surface area (Å²) in [5.41, 5.74) is 3.56. The fourth-order valence-corrected chi connectivity index (χ4v) is 6.01. The molecule has 0 aromatic heterocycles. The Balaban J connectivity index is 1.44. The Kier molecular flexibility index (Phi) is 4.20. The van der Waals surface area contributed by atoms with Crippen LogP contribution in [0.15, 0.2) is 48.5 Å². The number of hydrogen-bond donors (Lipinski definition) is 0. The van der Waals surface area contributed by atoms with Crippen LogP contribution in [0, 0.1) is 12.8 Å². The first kappa shape index (κ1) is 17.7. The molecule has 4 nitrogen and oxygen atoms in total. The van der Waals surface area contributed by atoms with Crippen molar-refractivity contribution in [3.05, 3.63) is 65.2 Å². The van der Waals surface area contributed by atoms with Crippen molar-refractivity contribution < 1.29 is 9.53 Å². The lowest BCUT2D eigenvalue weighted by molar-refractivity contribution is -0.137. The third-order valence-corrected chi connectivity index (χ3v) is 7.23. The van der Waals surface area contributed by atoms with Gasteiger partial charge in [-0.1, -0.05) is 42.5 Å². The van der Waals surface area contributed by atoms with Crippen LogP contribution in [-0.4, -0.2) is 41.4 Å². The van der Waals surface area contributed by atoms with Gasteiger partial charge >= 0.3 is 0 Å². The Morgan fingerprint density at radius 3 is 2.75 bits per heavy atom. The van der Waals surface area contributed by atoms with Crippen LogP contribution in [0.3, 0.4) is 0 Å². The second-order valence-corrected chi connectivity index (χ2v) is 8.52. The first-order valence-electron chi connectivity index (χ1n) is 10.4. The van der Waals surface area contributed by atoms with E-state index in [1.807, 2.05) is 18.2 Å². The minimum absolute atomic E-state index is 0.283. The van der Waals surface area contributed by atoms with Gasteiger partial charge in [-0.2, -0.15) is 0 Å². The molecular formula is C24H28N2O2. The Morgan fingerprint density at radius 1 is 1.14 bits per heavy atom. The molecule has 3 atom stereocenters. The van der Waals surface area contributed by atoms with Crippen molar-refractivity contribution in [1.29, 1.82) is 0 Å². The smallest absolute Gasteiger partial charge is 0.243 e. The fraction of sp³-hybridized carbons (Fsp3) is 0.458. The quantitative estimate of drug-likeness (QED) is 0.810. The Bertz CT molecular complexity index is 911. The van der Waals surface area contributed by atoms with E-state index in [4.69, 9.17) is 4.74 Å². The molecule has 3 fully saturated rings. The number of aryl methyl sites for hydroxylation is 1. The molecule has 2 aromatic rings. The standard InChI is InChI=1S/C24H28N2O2/c1-17-8-3-5-10-20(17)21-14-19-16-25(15-18-9-4-6-11-22(18)28-2)23(27)24(19)12-7-13-26(21)24/h3-6,8-11,19,21H,7,12-16H2,1-2H3/t19-,21-,24-/m0/s1. The minimum atomic E-state index is -0.283. The van der Waals surface area contributed by atoms with E-state index in [1.54, 1.807) is 7.11 Å². The van der Waals surface area contributed by atoms with E-state index in [2.05, 4.69) is 47.1 Å². The number of hydrogen-bond acceptors (Lipinski definition) is 3. The van der Waals surface area contributed by atoms with Crippen LogP contribution < -0.4 is 4.74 Å². The van der Waals surface area contributed by atoms with Gasteiger partial charge in [0.25, 0.3) is 0 Å². The monoisotopic (exact) mass is 376 g/mol. The molecule has 1 amide bonds. The summed E-state index contributed by atoms with van der Waals surface area (Å²) in [4.78, 5) is 18.3. The van der Waals surface area contributed by atoms with Crippen molar-refractivity contribution in [3.8, 4) is 5.75 Å². The van der Waals surface area contributed by atoms with Crippen LogP contribution in [0.5, 0.6) is 5.75 Å². The third kappa shape index (κ3) is 2.44. The predicted molar refractivity (Wildman–Crippen MR) is 109 cm³/mol. The molecule has 28 heavy (non-hydrogen) atoms. The van der Waals surface area contributed by atoms with E-state index in [1.165, 1.54) is 11.1 Å². The molecule has 3 heterocycles. The molecule has 1 spiro atoms. The summed E-state index contributed by atoms with van der Waals surface area (Å²) in [6, 6.07) is 17.1. The van der Waals surface area contributed by atoms with Crippen molar-refractivity contribution in [2.24, 2.45) is 5.92 Å². The maximum absolute atomic E-state index is 13.7.